The normalized spacial score (nSPS) is 9.20. The van der Waals surface area contributed by atoms with Crippen molar-refractivity contribution in [2.24, 2.45) is 0 Å². The number of aromatic nitrogens is 4. The Labute approximate surface area is 85.1 Å². The van der Waals surface area contributed by atoms with Crippen molar-refractivity contribution in [1.29, 1.82) is 10.5 Å². The molecule has 6 heteroatoms. The molecule has 0 saturated heterocycles. The summed E-state index contributed by atoms with van der Waals surface area (Å²) < 4.78 is 1.30. The maximum absolute atomic E-state index is 8.83. The number of rotatable bonds is 1. The Bertz CT molecular complexity index is 571. The summed E-state index contributed by atoms with van der Waals surface area (Å²) in [7, 11) is 0. The van der Waals surface area contributed by atoms with E-state index in [9.17, 15) is 0 Å². The molecule has 0 unspecified atom stereocenters. The molecule has 0 aliphatic carbocycles. The van der Waals surface area contributed by atoms with Gasteiger partial charge >= 0.3 is 0 Å². The molecule has 6 nitrogen and oxygen atoms in total. The van der Waals surface area contributed by atoms with E-state index in [-0.39, 0.29) is 5.82 Å². The second-order valence-corrected chi connectivity index (χ2v) is 2.61. The summed E-state index contributed by atoms with van der Waals surface area (Å²) in [6.07, 6.45) is 2.89. The summed E-state index contributed by atoms with van der Waals surface area (Å²) in [5.74, 6) is 0.415. The van der Waals surface area contributed by atoms with E-state index in [1.165, 1.54) is 11.0 Å². The van der Waals surface area contributed by atoms with E-state index in [1.54, 1.807) is 24.4 Å². The zero-order chi connectivity index (χ0) is 10.7. The molecule has 2 heterocycles. The Morgan fingerprint density at radius 1 is 1.20 bits per heavy atom. The monoisotopic (exact) mass is 196 g/mol. The molecule has 2 rings (SSSR count). The molecule has 0 aliphatic heterocycles. The lowest BCUT2D eigenvalue weighted by Crippen LogP contribution is -2.01. The van der Waals surface area contributed by atoms with Crippen LogP contribution in [0.15, 0.2) is 24.7 Å². The van der Waals surface area contributed by atoms with E-state index in [0.29, 0.717) is 11.4 Å². The van der Waals surface area contributed by atoms with E-state index in [0.717, 1.165) is 0 Å². The predicted molar refractivity (Wildman–Crippen MR) is 48.6 cm³/mol. The minimum atomic E-state index is 0.0459. The molecule has 70 valence electrons. The van der Waals surface area contributed by atoms with Crippen molar-refractivity contribution in [1.82, 2.24) is 19.7 Å². The van der Waals surface area contributed by atoms with Gasteiger partial charge < -0.3 is 0 Å². The highest BCUT2D eigenvalue weighted by Crippen LogP contribution is 2.07. The molecule has 2 aromatic rings. The molecular formula is C9H4N6. The number of hydrogen-bond donors (Lipinski definition) is 0. The molecule has 0 radical (unpaired) electrons. The number of nitriles is 2. The minimum Gasteiger partial charge on any atom is -0.236 e. The Morgan fingerprint density at radius 2 is 2.07 bits per heavy atom. The van der Waals surface area contributed by atoms with E-state index < -0.39 is 0 Å². The van der Waals surface area contributed by atoms with Crippen molar-refractivity contribution in [2.45, 2.75) is 0 Å². The first-order chi connectivity index (χ1) is 7.35. The van der Waals surface area contributed by atoms with Gasteiger partial charge in [0, 0.05) is 6.20 Å². The maximum atomic E-state index is 8.83. The molecule has 0 aliphatic rings. The van der Waals surface area contributed by atoms with E-state index in [1.807, 2.05) is 6.07 Å². The third kappa shape index (κ3) is 1.52. The van der Waals surface area contributed by atoms with Crippen LogP contribution in [0.4, 0.5) is 0 Å². The van der Waals surface area contributed by atoms with Crippen LogP contribution in [0.2, 0.25) is 0 Å². The second kappa shape index (κ2) is 3.56. The molecule has 0 N–H and O–H groups in total. The zero-order valence-corrected chi connectivity index (χ0v) is 7.49. The van der Waals surface area contributed by atoms with Crippen molar-refractivity contribution in [2.75, 3.05) is 0 Å². The van der Waals surface area contributed by atoms with Crippen molar-refractivity contribution in [3.05, 3.63) is 36.0 Å². The fraction of sp³-hybridized carbons (Fsp3) is 0. The van der Waals surface area contributed by atoms with Crippen LogP contribution in [0.25, 0.3) is 5.82 Å². The lowest BCUT2D eigenvalue weighted by Gasteiger charge is -1.99. The third-order valence-corrected chi connectivity index (χ3v) is 1.72. The Balaban J connectivity index is 2.55. The van der Waals surface area contributed by atoms with Crippen molar-refractivity contribution in [3.8, 4) is 18.0 Å². The van der Waals surface area contributed by atoms with E-state index >= 15 is 0 Å². The zero-order valence-electron chi connectivity index (χ0n) is 7.49. The predicted octanol–water partition coefficient (Wildman–Crippen LogP) is 0.406. The number of nitrogens with zero attached hydrogens (tertiary/aromatic N) is 6. The van der Waals surface area contributed by atoms with Gasteiger partial charge in [-0.2, -0.15) is 15.2 Å². The Kier molecular flexibility index (Phi) is 2.10. The SMILES string of the molecule is N#Cc1ncn(-c2ncccc2C#N)n1. The molecule has 0 atom stereocenters. The first-order valence-corrected chi connectivity index (χ1v) is 4.02. The summed E-state index contributed by atoms with van der Waals surface area (Å²) in [6.45, 7) is 0. The maximum Gasteiger partial charge on any atom is 0.252 e. The van der Waals surface area contributed by atoms with Crippen molar-refractivity contribution >= 4 is 0 Å². The Hall–Kier alpha value is -2.73. The van der Waals surface area contributed by atoms with Gasteiger partial charge in [0.05, 0.1) is 5.56 Å². The highest BCUT2D eigenvalue weighted by Gasteiger charge is 2.07. The fourth-order valence-corrected chi connectivity index (χ4v) is 1.08. The first kappa shape index (κ1) is 8.85. The van der Waals surface area contributed by atoms with Crippen LogP contribution in [0.5, 0.6) is 0 Å². The average molecular weight is 196 g/mol. The summed E-state index contributed by atoms with van der Waals surface area (Å²) in [5, 5.41) is 21.2. The number of hydrogen-bond acceptors (Lipinski definition) is 5. The van der Waals surface area contributed by atoms with Gasteiger partial charge in [0.25, 0.3) is 5.82 Å². The van der Waals surface area contributed by atoms with Gasteiger partial charge in [-0.1, -0.05) is 0 Å². The van der Waals surface area contributed by atoms with E-state index in [2.05, 4.69) is 15.1 Å². The van der Waals surface area contributed by atoms with Gasteiger partial charge in [-0.25, -0.2) is 9.97 Å². The number of pyridine rings is 1. The van der Waals surface area contributed by atoms with Gasteiger partial charge in [0.1, 0.15) is 18.5 Å². The van der Waals surface area contributed by atoms with Crippen LogP contribution < -0.4 is 0 Å². The third-order valence-electron chi connectivity index (χ3n) is 1.72. The quantitative estimate of drug-likeness (QED) is 0.658. The summed E-state index contributed by atoms with van der Waals surface area (Å²) >= 11 is 0. The van der Waals surface area contributed by atoms with Gasteiger partial charge in [-0.15, -0.1) is 5.10 Å². The molecule has 0 spiro atoms. The van der Waals surface area contributed by atoms with Gasteiger partial charge in [-0.3, -0.25) is 0 Å². The lowest BCUT2D eigenvalue weighted by molar-refractivity contribution is 0.837. The summed E-state index contributed by atoms with van der Waals surface area (Å²) in [4.78, 5) is 7.72. The standard InChI is InChI=1S/C9H4N6/c10-4-7-2-1-3-12-9(7)15-6-13-8(5-11)14-15/h1-3,6H. The largest absolute Gasteiger partial charge is 0.252 e. The van der Waals surface area contributed by atoms with Crippen molar-refractivity contribution in [3.63, 3.8) is 0 Å². The van der Waals surface area contributed by atoms with Crippen LogP contribution in [0.3, 0.4) is 0 Å². The smallest absolute Gasteiger partial charge is 0.236 e. The second-order valence-electron chi connectivity index (χ2n) is 2.61. The van der Waals surface area contributed by atoms with Gasteiger partial charge in [-0.05, 0) is 12.1 Å². The van der Waals surface area contributed by atoms with Gasteiger partial charge in [0.15, 0.2) is 5.82 Å². The molecular weight excluding hydrogens is 192 g/mol. The topological polar surface area (TPSA) is 91.2 Å². The highest BCUT2D eigenvalue weighted by molar-refractivity contribution is 5.42. The minimum absolute atomic E-state index is 0.0459. The molecule has 0 fully saturated rings. The Morgan fingerprint density at radius 3 is 2.73 bits per heavy atom. The summed E-state index contributed by atoms with van der Waals surface area (Å²) in [5.41, 5.74) is 0.381. The first-order valence-electron chi connectivity index (χ1n) is 4.02. The van der Waals surface area contributed by atoms with Crippen LogP contribution in [0, 0.1) is 22.7 Å². The van der Waals surface area contributed by atoms with Crippen LogP contribution in [-0.2, 0) is 0 Å². The molecule has 2 aromatic heterocycles. The molecule has 0 amide bonds. The van der Waals surface area contributed by atoms with Crippen LogP contribution in [-0.4, -0.2) is 19.7 Å². The average Bonchev–Trinajstić information content (AvgIpc) is 2.77. The van der Waals surface area contributed by atoms with Crippen molar-refractivity contribution < 1.29 is 0 Å². The fourth-order valence-electron chi connectivity index (χ4n) is 1.08. The molecule has 0 aromatic carbocycles. The molecule has 0 bridgehead atoms. The highest BCUT2D eigenvalue weighted by atomic mass is 15.4. The lowest BCUT2D eigenvalue weighted by atomic mass is 10.3. The van der Waals surface area contributed by atoms with Crippen LogP contribution >= 0.6 is 0 Å². The van der Waals surface area contributed by atoms with E-state index in [4.69, 9.17) is 10.5 Å². The summed E-state index contributed by atoms with van der Waals surface area (Å²) in [6, 6.07) is 7.07. The molecule has 15 heavy (non-hydrogen) atoms. The molecule has 0 saturated carbocycles. The van der Waals surface area contributed by atoms with Crippen LogP contribution in [0.1, 0.15) is 11.4 Å². The van der Waals surface area contributed by atoms with Gasteiger partial charge in [0.2, 0.25) is 0 Å².